The highest BCUT2D eigenvalue weighted by atomic mass is 19.1. The van der Waals surface area contributed by atoms with Gasteiger partial charge in [-0.15, -0.1) is 0 Å². The van der Waals surface area contributed by atoms with Crippen LogP contribution in [0.4, 0.5) is 4.39 Å². The van der Waals surface area contributed by atoms with Gasteiger partial charge in [-0.1, -0.05) is 24.3 Å². The fraction of sp³-hybridized carbons (Fsp3) is 0.280. The second kappa shape index (κ2) is 8.57. The lowest BCUT2D eigenvalue weighted by Gasteiger charge is -2.37. The molecule has 1 unspecified atom stereocenters. The number of nitrogens with two attached hydrogens (primary N) is 1. The zero-order valence-electron chi connectivity index (χ0n) is 18.0. The molecule has 0 aromatic heterocycles. The Labute approximate surface area is 181 Å². The lowest BCUT2D eigenvalue weighted by Crippen LogP contribution is -2.55. The van der Waals surface area contributed by atoms with E-state index in [2.05, 4.69) is 5.32 Å². The summed E-state index contributed by atoms with van der Waals surface area (Å²) in [6.45, 7) is 0.782. The lowest BCUT2D eigenvalue weighted by atomic mass is 9.84. The number of nitrogens with one attached hydrogen (secondary N) is 1. The average Bonchev–Trinajstić information content (AvgIpc) is 2.79. The lowest BCUT2D eigenvalue weighted by molar-refractivity contribution is 0.314. The first-order valence-corrected chi connectivity index (χ1v) is 10.2. The summed E-state index contributed by atoms with van der Waals surface area (Å²) in [5.41, 5.74) is 11.2. The molecule has 1 heterocycles. The van der Waals surface area contributed by atoms with Crippen LogP contribution in [0.2, 0.25) is 0 Å². The summed E-state index contributed by atoms with van der Waals surface area (Å²) < 4.78 is 29.8. The molecule has 0 radical (unpaired) electrons. The van der Waals surface area contributed by atoms with Gasteiger partial charge in [-0.2, -0.15) is 0 Å². The van der Waals surface area contributed by atoms with E-state index in [1.54, 1.807) is 27.4 Å². The number of hydrogen-bond donors (Lipinski definition) is 2. The van der Waals surface area contributed by atoms with E-state index in [0.717, 1.165) is 40.8 Å². The molecule has 5 nitrogen and oxygen atoms in total. The summed E-state index contributed by atoms with van der Waals surface area (Å²) in [6.07, 6.45) is 1.48. The second-order valence-corrected chi connectivity index (χ2v) is 7.73. The van der Waals surface area contributed by atoms with Crippen LogP contribution in [0.15, 0.2) is 54.6 Å². The third-order valence-electron chi connectivity index (χ3n) is 5.84. The van der Waals surface area contributed by atoms with Crippen molar-refractivity contribution in [2.45, 2.75) is 18.5 Å². The van der Waals surface area contributed by atoms with Crippen LogP contribution in [0.1, 0.15) is 16.7 Å². The summed E-state index contributed by atoms with van der Waals surface area (Å²) in [6, 6.07) is 16.6. The largest absolute Gasteiger partial charge is 0.496 e. The van der Waals surface area contributed by atoms with Crippen molar-refractivity contribution in [1.29, 1.82) is 0 Å². The maximum absolute atomic E-state index is 13.5. The predicted molar refractivity (Wildman–Crippen MR) is 119 cm³/mol. The summed E-state index contributed by atoms with van der Waals surface area (Å²) in [5, 5.41) is 3.48. The Balaban J connectivity index is 1.63. The van der Waals surface area contributed by atoms with E-state index >= 15 is 0 Å². The number of fused-ring (bicyclic) bond motifs is 1. The molecular weight excluding hydrogens is 395 g/mol. The molecule has 3 aromatic rings. The maximum atomic E-state index is 13.5. The van der Waals surface area contributed by atoms with Crippen LogP contribution in [-0.4, -0.2) is 27.9 Å². The standard InChI is InChI=1S/C25H27FN2O3/c1-29-22-13-19(26)8-9-20(22)17-6-4-16(5-7-17)15-25(27)21-14-24(31-3)23(30-2)12-18(21)10-11-28-25/h4-9,12-14,28H,10-11,15,27H2,1-3H3. The Bertz CT molecular complexity index is 1080. The molecule has 0 saturated heterocycles. The quantitative estimate of drug-likeness (QED) is 0.628. The molecule has 3 aromatic carbocycles. The third kappa shape index (κ3) is 4.09. The Morgan fingerprint density at radius 1 is 0.903 bits per heavy atom. The molecule has 162 valence electrons. The number of ether oxygens (including phenoxy) is 3. The summed E-state index contributed by atoms with van der Waals surface area (Å²) in [5.74, 6) is 1.56. The zero-order valence-corrected chi connectivity index (χ0v) is 18.0. The van der Waals surface area contributed by atoms with Crippen LogP contribution in [0.3, 0.4) is 0 Å². The van der Waals surface area contributed by atoms with E-state index in [1.807, 2.05) is 36.4 Å². The van der Waals surface area contributed by atoms with Crippen LogP contribution in [0.25, 0.3) is 11.1 Å². The molecule has 0 aliphatic carbocycles. The molecule has 0 spiro atoms. The molecule has 1 aliphatic heterocycles. The third-order valence-corrected chi connectivity index (χ3v) is 5.84. The van der Waals surface area contributed by atoms with E-state index in [4.69, 9.17) is 19.9 Å². The molecule has 4 rings (SSSR count). The van der Waals surface area contributed by atoms with Gasteiger partial charge in [-0.25, -0.2) is 4.39 Å². The Morgan fingerprint density at radius 2 is 1.58 bits per heavy atom. The molecule has 3 N–H and O–H groups in total. The van der Waals surface area contributed by atoms with Gasteiger partial charge < -0.3 is 19.9 Å². The number of methoxy groups -OCH3 is 3. The minimum absolute atomic E-state index is 0.323. The first-order chi connectivity index (χ1) is 15.0. The maximum Gasteiger partial charge on any atom is 0.161 e. The number of benzene rings is 3. The van der Waals surface area contributed by atoms with Crippen LogP contribution in [0, 0.1) is 5.82 Å². The zero-order chi connectivity index (χ0) is 22.0. The van der Waals surface area contributed by atoms with Crippen molar-refractivity contribution in [3.05, 3.63) is 77.1 Å². The monoisotopic (exact) mass is 422 g/mol. The van der Waals surface area contributed by atoms with E-state index in [1.165, 1.54) is 12.1 Å². The van der Waals surface area contributed by atoms with Gasteiger partial charge >= 0.3 is 0 Å². The summed E-state index contributed by atoms with van der Waals surface area (Å²) >= 11 is 0. The highest BCUT2D eigenvalue weighted by molar-refractivity contribution is 5.70. The topological polar surface area (TPSA) is 65.7 Å². The van der Waals surface area contributed by atoms with Gasteiger partial charge in [0.05, 0.1) is 27.0 Å². The van der Waals surface area contributed by atoms with Gasteiger partial charge in [-0.3, -0.25) is 5.32 Å². The van der Waals surface area contributed by atoms with Crippen LogP contribution >= 0.6 is 0 Å². The van der Waals surface area contributed by atoms with Crippen molar-refractivity contribution in [1.82, 2.24) is 5.32 Å². The van der Waals surface area contributed by atoms with E-state index < -0.39 is 5.66 Å². The van der Waals surface area contributed by atoms with Crippen molar-refractivity contribution < 1.29 is 18.6 Å². The normalized spacial score (nSPS) is 17.7. The second-order valence-electron chi connectivity index (χ2n) is 7.73. The van der Waals surface area contributed by atoms with Crippen molar-refractivity contribution in [3.8, 4) is 28.4 Å². The smallest absolute Gasteiger partial charge is 0.161 e. The minimum Gasteiger partial charge on any atom is -0.496 e. The van der Waals surface area contributed by atoms with Gasteiger partial charge in [0.2, 0.25) is 0 Å². The number of rotatable bonds is 6. The van der Waals surface area contributed by atoms with Crippen molar-refractivity contribution in [3.63, 3.8) is 0 Å². The molecule has 0 saturated carbocycles. The van der Waals surface area contributed by atoms with Crippen LogP contribution < -0.4 is 25.3 Å². The molecule has 0 bridgehead atoms. The molecular formula is C25H27FN2O3. The predicted octanol–water partition coefficient (Wildman–Crippen LogP) is 4.02. The number of halogens is 1. The minimum atomic E-state index is -0.720. The van der Waals surface area contributed by atoms with E-state index in [9.17, 15) is 4.39 Å². The molecule has 1 atom stereocenters. The van der Waals surface area contributed by atoms with E-state index in [-0.39, 0.29) is 5.82 Å². The fourth-order valence-electron chi connectivity index (χ4n) is 4.24. The summed E-state index contributed by atoms with van der Waals surface area (Å²) in [4.78, 5) is 0. The van der Waals surface area contributed by atoms with Crippen molar-refractivity contribution in [2.75, 3.05) is 27.9 Å². The Hall–Kier alpha value is -3.09. The van der Waals surface area contributed by atoms with E-state index in [0.29, 0.717) is 23.7 Å². The number of hydrogen-bond acceptors (Lipinski definition) is 5. The molecule has 6 heteroatoms. The SMILES string of the molecule is COc1cc2c(cc1OC)C(N)(Cc1ccc(-c3ccc(F)cc3OC)cc1)NCC2. The van der Waals surface area contributed by atoms with Crippen molar-refractivity contribution >= 4 is 0 Å². The highest BCUT2D eigenvalue weighted by Gasteiger charge is 2.34. The van der Waals surface area contributed by atoms with Gasteiger partial charge in [0, 0.05) is 24.6 Å². The first-order valence-electron chi connectivity index (χ1n) is 10.2. The van der Waals surface area contributed by atoms with Gasteiger partial charge in [0.25, 0.3) is 0 Å². The summed E-state index contributed by atoms with van der Waals surface area (Å²) in [7, 11) is 4.81. The average molecular weight is 423 g/mol. The fourth-order valence-corrected chi connectivity index (χ4v) is 4.24. The van der Waals surface area contributed by atoms with Crippen LogP contribution in [-0.2, 0) is 18.5 Å². The first kappa shape index (κ1) is 21.2. The van der Waals surface area contributed by atoms with Crippen LogP contribution in [0.5, 0.6) is 17.2 Å². The van der Waals surface area contributed by atoms with Crippen molar-refractivity contribution in [2.24, 2.45) is 5.73 Å². The molecule has 1 aliphatic rings. The molecule has 0 amide bonds. The van der Waals surface area contributed by atoms with Gasteiger partial charge in [0.1, 0.15) is 11.6 Å². The van der Waals surface area contributed by atoms with Gasteiger partial charge in [-0.05, 0) is 52.9 Å². The highest BCUT2D eigenvalue weighted by Crippen LogP contribution is 2.37. The Morgan fingerprint density at radius 3 is 2.26 bits per heavy atom. The molecule has 31 heavy (non-hydrogen) atoms. The van der Waals surface area contributed by atoms with Gasteiger partial charge in [0.15, 0.2) is 11.5 Å². The molecule has 0 fully saturated rings. The Kier molecular flexibility index (Phi) is 5.85.